The Hall–Kier alpha value is -3.61. The van der Waals surface area contributed by atoms with Gasteiger partial charge >= 0.3 is 0 Å². The zero-order chi connectivity index (χ0) is 23.8. The van der Waals surface area contributed by atoms with Crippen LogP contribution in [0.5, 0.6) is 0 Å². The van der Waals surface area contributed by atoms with Gasteiger partial charge < -0.3 is 4.74 Å². The first-order valence-corrected chi connectivity index (χ1v) is 11.3. The van der Waals surface area contributed by atoms with Crippen LogP contribution in [0.3, 0.4) is 0 Å². The Morgan fingerprint density at radius 2 is 1.41 bits per heavy atom. The minimum absolute atomic E-state index is 0.202. The number of rotatable bonds is 2. The molecule has 3 aromatic carbocycles. The molecular formula is C27H18ClNO5. The van der Waals surface area contributed by atoms with Crippen molar-refractivity contribution in [2.45, 2.75) is 18.6 Å². The van der Waals surface area contributed by atoms with Gasteiger partial charge in [0.15, 0.2) is 0 Å². The standard InChI is InChI=1S/C27H18ClNO5/c1-14-16(12-7-13-19(14)28)22-20-21(26(33)29(25(20)32)15-8-3-2-4-9-15)27(34-22)23(30)17-10-5-6-11-18(17)24(27)31/h2-13,20-22H,1H3/t20-,21-,22-/m0/s1. The van der Waals surface area contributed by atoms with E-state index in [1.807, 2.05) is 0 Å². The van der Waals surface area contributed by atoms with Crippen LogP contribution in [0, 0.1) is 18.8 Å². The van der Waals surface area contributed by atoms with Crippen molar-refractivity contribution in [3.8, 4) is 0 Å². The molecule has 0 unspecified atom stereocenters. The molecule has 0 N–H and O–H groups in total. The molecule has 1 aliphatic carbocycles. The summed E-state index contributed by atoms with van der Waals surface area (Å²) in [5.41, 5.74) is -0.0598. The molecule has 0 aromatic heterocycles. The summed E-state index contributed by atoms with van der Waals surface area (Å²) in [6.45, 7) is 1.78. The van der Waals surface area contributed by atoms with Gasteiger partial charge in [0, 0.05) is 16.1 Å². The fraction of sp³-hybridized carbons (Fsp3) is 0.185. The number of ketones is 2. The maximum absolute atomic E-state index is 13.8. The second kappa shape index (κ2) is 7.19. The second-order valence-electron chi connectivity index (χ2n) is 8.78. The topological polar surface area (TPSA) is 80.8 Å². The Labute approximate surface area is 200 Å². The van der Waals surface area contributed by atoms with Crippen molar-refractivity contribution in [1.82, 2.24) is 0 Å². The lowest BCUT2D eigenvalue weighted by Gasteiger charge is -2.27. The van der Waals surface area contributed by atoms with E-state index in [9.17, 15) is 19.2 Å². The van der Waals surface area contributed by atoms with Crippen molar-refractivity contribution in [3.63, 3.8) is 0 Å². The zero-order valence-corrected chi connectivity index (χ0v) is 18.8. The van der Waals surface area contributed by atoms with E-state index in [0.29, 0.717) is 21.8 Å². The van der Waals surface area contributed by atoms with Crippen LogP contribution in [-0.2, 0) is 14.3 Å². The Bertz CT molecular complexity index is 1380. The average Bonchev–Trinajstić information content (AvgIpc) is 3.41. The largest absolute Gasteiger partial charge is 0.349 e. The average molecular weight is 472 g/mol. The Balaban J connectivity index is 1.58. The molecule has 34 heavy (non-hydrogen) atoms. The zero-order valence-electron chi connectivity index (χ0n) is 18.0. The van der Waals surface area contributed by atoms with Crippen molar-refractivity contribution in [3.05, 3.63) is 100 Å². The number of imide groups is 1. The maximum Gasteiger partial charge on any atom is 0.241 e. The maximum atomic E-state index is 13.8. The highest BCUT2D eigenvalue weighted by atomic mass is 35.5. The van der Waals surface area contributed by atoms with Gasteiger partial charge in [-0.15, -0.1) is 0 Å². The number of hydrogen-bond acceptors (Lipinski definition) is 5. The Morgan fingerprint density at radius 1 is 0.794 bits per heavy atom. The normalized spacial score (nSPS) is 24.8. The van der Waals surface area contributed by atoms with Gasteiger partial charge in [-0.1, -0.05) is 66.2 Å². The van der Waals surface area contributed by atoms with Gasteiger partial charge in [-0.3, -0.25) is 19.2 Å². The number of amides is 2. The number of ether oxygens (including phenoxy) is 1. The molecule has 1 spiro atoms. The minimum atomic E-state index is -2.09. The Morgan fingerprint density at radius 3 is 2.06 bits per heavy atom. The summed E-state index contributed by atoms with van der Waals surface area (Å²) in [4.78, 5) is 56.2. The first kappa shape index (κ1) is 21.0. The third-order valence-corrected chi connectivity index (χ3v) is 7.56. The lowest BCUT2D eigenvalue weighted by atomic mass is 9.77. The van der Waals surface area contributed by atoms with Crippen LogP contribution in [0.25, 0.3) is 0 Å². The third-order valence-electron chi connectivity index (χ3n) is 7.15. The number of hydrogen-bond donors (Lipinski definition) is 0. The molecule has 3 atom stereocenters. The van der Waals surface area contributed by atoms with Crippen molar-refractivity contribution in [1.29, 1.82) is 0 Å². The van der Waals surface area contributed by atoms with Crippen LogP contribution >= 0.6 is 11.6 Å². The molecule has 2 heterocycles. The van der Waals surface area contributed by atoms with Gasteiger partial charge in [-0.2, -0.15) is 0 Å². The molecule has 2 aliphatic heterocycles. The molecule has 3 aliphatic rings. The lowest BCUT2D eigenvalue weighted by Crippen LogP contribution is -2.51. The third kappa shape index (κ3) is 2.50. The summed E-state index contributed by atoms with van der Waals surface area (Å²) >= 11 is 6.35. The molecule has 0 radical (unpaired) electrons. The summed E-state index contributed by atoms with van der Waals surface area (Å²) in [5.74, 6) is -4.61. The number of halogens is 1. The molecule has 7 heteroatoms. The van der Waals surface area contributed by atoms with Crippen molar-refractivity contribution in [2.75, 3.05) is 4.90 Å². The number of Topliss-reactive ketones (excluding diaryl/α,β-unsaturated/α-hetero) is 2. The van der Waals surface area contributed by atoms with Gasteiger partial charge in [0.25, 0.3) is 0 Å². The highest BCUT2D eigenvalue weighted by Gasteiger charge is 2.74. The first-order valence-electron chi connectivity index (χ1n) is 10.9. The number of carbonyl (C=O) groups excluding carboxylic acids is 4. The van der Waals surface area contributed by atoms with E-state index in [1.165, 1.54) is 0 Å². The summed E-state index contributed by atoms with van der Waals surface area (Å²) in [5, 5.41) is 0.461. The highest BCUT2D eigenvalue weighted by Crippen LogP contribution is 2.58. The monoisotopic (exact) mass is 471 g/mol. The summed E-state index contributed by atoms with van der Waals surface area (Å²) < 4.78 is 6.30. The molecule has 0 saturated carbocycles. The van der Waals surface area contributed by atoms with Gasteiger partial charge in [0.1, 0.15) is 0 Å². The number of benzene rings is 3. The quantitative estimate of drug-likeness (QED) is 0.410. The number of para-hydroxylation sites is 1. The van der Waals surface area contributed by atoms with Crippen LogP contribution < -0.4 is 4.90 Å². The fourth-order valence-corrected chi connectivity index (χ4v) is 5.75. The highest BCUT2D eigenvalue weighted by molar-refractivity contribution is 6.37. The Kier molecular flexibility index (Phi) is 4.43. The van der Waals surface area contributed by atoms with E-state index < -0.39 is 46.9 Å². The van der Waals surface area contributed by atoms with Crippen molar-refractivity contribution < 1.29 is 23.9 Å². The predicted molar refractivity (Wildman–Crippen MR) is 124 cm³/mol. The lowest BCUT2D eigenvalue weighted by molar-refractivity contribution is -0.127. The molecule has 3 aromatic rings. The van der Waals surface area contributed by atoms with Crippen LogP contribution in [-0.4, -0.2) is 29.0 Å². The predicted octanol–water partition coefficient (Wildman–Crippen LogP) is 4.34. The molecule has 6 rings (SSSR count). The van der Waals surface area contributed by atoms with Crippen LogP contribution in [0.1, 0.15) is 37.9 Å². The molecule has 168 valence electrons. The van der Waals surface area contributed by atoms with E-state index in [-0.39, 0.29) is 11.1 Å². The van der Waals surface area contributed by atoms with E-state index >= 15 is 0 Å². The van der Waals surface area contributed by atoms with Gasteiger partial charge in [0.05, 0.1) is 23.6 Å². The van der Waals surface area contributed by atoms with E-state index in [4.69, 9.17) is 16.3 Å². The van der Waals surface area contributed by atoms with Crippen molar-refractivity contribution in [2.24, 2.45) is 11.8 Å². The van der Waals surface area contributed by atoms with E-state index in [0.717, 1.165) is 4.90 Å². The molecule has 2 saturated heterocycles. The summed E-state index contributed by atoms with van der Waals surface area (Å²) in [7, 11) is 0. The molecule has 2 fully saturated rings. The van der Waals surface area contributed by atoms with Gasteiger partial charge in [-0.25, -0.2) is 4.90 Å². The van der Waals surface area contributed by atoms with Crippen molar-refractivity contribution >= 4 is 40.7 Å². The second-order valence-corrected chi connectivity index (χ2v) is 9.19. The van der Waals surface area contributed by atoms with E-state index in [1.54, 1.807) is 79.7 Å². The van der Waals surface area contributed by atoms with Crippen LogP contribution in [0.4, 0.5) is 5.69 Å². The first-order chi connectivity index (χ1) is 16.4. The van der Waals surface area contributed by atoms with Crippen LogP contribution in [0.15, 0.2) is 72.8 Å². The molecule has 6 nitrogen and oxygen atoms in total. The minimum Gasteiger partial charge on any atom is -0.349 e. The van der Waals surface area contributed by atoms with E-state index in [2.05, 4.69) is 0 Å². The van der Waals surface area contributed by atoms with Gasteiger partial charge in [-0.05, 0) is 36.2 Å². The molecule has 2 amide bonds. The number of anilines is 1. The number of carbonyl (C=O) groups is 4. The smallest absolute Gasteiger partial charge is 0.241 e. The molecular weight excluding hydrogens is 454 g/mol. The summed E-state index contributed by atoms with van der Waals surface area (Å²) in [6, 6.07) is 20.1. The SMILES string of the molecule is Cc1c(Cl)cccc1[C@@H]1OC2(C(=O)c3ccccc3C2=O)[C@@H]2C(=O)N(c3ccccc3)C(=O)[C@@H]21. The summed E-state index contributed by atoms with van der Waals surface area (Å²) in [6.07, 6.45) is -0.990. The number of fused-ring (bicyclic) bond motifs is 3. The van der Waals surface area contributed by atoms with Crippen LogP contribution in [0.2, 0.25) is 5.02 Å². The van der Waals surface area contributed by atoms with Gasteiger partial charge in [0.2, 0.25) is 29.0 Å². The number of nitrogens with zero attached hydrogens (tertiary/aromatic N) is 1. The fourth-order valence-electron chi connectivity index (χ4n) is 5.56. The molecule has 0 bridgehead atoms.